The van der Waals surface area contributed by atoms with Crippen LogP contribution in [0.2, 0.25) is 0 Å². The number of hydrogen-bond acceptors (Lipinski definition) is 7. The number of thioether (sulfide) groups is 1. The predicted octanol–water partition coefficient (Wildman–Crippen LogP) is 0.589. The number of amides is 1. The van der Waals surface area contributed by atoms with Gasteiger partial charge in [-0.05, 0) is 25.5 Å². The first-order chi connectivity index (χ1) is 9.69. The highest BCUT2D eigenvalue weighted by molar-refractivity contribution is 7.98. The Balaban J connectivity index is 2.33. The molecule has 4 N–H and O–H groups in total. The first kappa shape index (κ1) is 14.9. The van der Waals surface area contributed by atoms with Crippen molar-refractivity contribution in [1.82, 2.24) is 15.3 Å². The Hall–Kier alpha value is -1.54. The molecule has 1 unspecified atom stereocenters. The molecule has 1 aliphatic rings. The van der Waals surface area contributed by atoms with Crippen LogP contribution < -0.4 is 21.5 Å². The second-order valence-electron chi connectivity index (χ2n) is 4.56. The van der Waals surface area contributed by atoms with Crippen molar-refractivity contribution in [3.05, 3.63) is 6.07 Å². The summed E-state index contributed by atoms with van der Waals surface area (Å²) in [6.45, 7) is 0.812. The van der Waals surface area contributed by atoms with Gasteiger partial charge in [0.15, 0.2) is 5.16 Å². The van der Waals surface area contributed by atoms with Crippen LogP contribution in [0.4, 0.5) is 11.6 Å². The summed E-state index contributed by atoms with van der Waals surface area (Å²) in [4.78, 5) is 22.8. The number of nitrogens with one attached hydrogen (secondary N) is 2. The number of aromatic nitrogens is 2. The van der Waals surface area contributed by atoms with E-state index in [1.54, 1.807) is 13.1 Å². The van der Waals surface area contributed by atoms with E-state index in [0.29, 0.717) is 11.0 Å². The molecule has 1 atom stereocenters. The van der Waals surface area contributed by atoms with Crippen molar-refractivity contribution in [2.24, 2.45) is 5.84 Å². The third-order valence-corrected chi connectivity index (χ3v) is 3.92. The van der Waals surface area contributed by atoms with Gasteiger partial charge in [-0.3, -0.25) is 4.79 Å². The molecule has 0 radical (unpaired) electrons. The van der Waals surface area contributed by atoms with E-state index in [4.69, 9.17) is 5.84 Å². The molecule has 1 aromatic rings. The van der Waals surface area contributed by atoms with Gasteiger partial charge in [0, 0.05) is 19.7 Å². The van der Waals surface area contributed by atoms with E-state index in [1.165, 1.54) is 11.8 Å². The van der Waals surface area contributed by atoms with Gasteiger partial charge in [-0.2, -0.15) is 0 Å². The Kier molecular flexibility index (Phi) is 5.02. The maximum absolute atomic E-state index is 12.0. The van der Waals surface area contributed by atoms with Gasteiger partial charge in [-0.1, -0.05) is 11.8 Å². The van der Waals surface area contributed by atoms with Gasteiger partial charge in [-0.15, -0.1) is 0 Å². The zero-order valence-electron chi connectivity index (χ0n) is 11.7. The minimum Gasteiger partial charge on any atom is -0.357 e. The normalized spacial score (nSPS) is 18.8. The number of nitrogens with zero attached hydrogens (tertiary/aromatic N) is 3. The summed E-state index contributed by atoms with van der Waals surface area (Å²) in [5.74, 6) is 6.77. The number of carbonyl (C=O) groups is 1. The summed E-state index contributed by atoms with van der Waals surface area (Å²) in [5.41, 5.74) is 2.55. The fraction of sp³-hybridized carbons (Fsp3) is 0.583. The van der Waals surface area contributed by atoms with Gasteiger partial charge in [0.25, 0.3) is 0 Å². The lowest BCUT2D eigenvalue weighted by Crippen LogP contribution is -2.49. The lowest BCUT2D eigenvalue weighted by atomic mass is 10.0. The Morgan fingerprint density at radius 1 is 1.50 bits per heavy atom. The van der Waals surface area contributed by atoms with E-state index < -0.39 is 0 Å². The van der Waals surface area contributed by atoms with Crippen LogP contribution in [0.25, 0.3) is 0 Å². The van der Waals surface area contributed by atoms with E-state index in [-0.39, 0.29) is 11.9 Å². The van der Waals surface area contributed by atoms with Crippen LogP contribution in [-0.2, 0) is 4.79 Å². The molecule has 1 aliphatic heterocycles. The monoisotopic (exact) mass is 296 g/mol. The number of nitrogens with two attached hydrogens (primary N) is 1. The molecule has 20 heavy (non-hydrogen) atoms. The van der Waals surface area contributed by atoms with Crippen molar-refractivity contribution in [1.29, 1.82) is 0 Å². The number of nitrogen functional groups attached to an aromatic ring is 1. The zero-order valence-corrected chi connectivity index (χ0v) is 12.5. The molecule has 7 nitrogen and oxygen atoms in total. The van der Waals surface area contributed by atoms with Gasteiger partial charge in [-0.25, -0.2) is 15.8 Å². The molecule has 0 aliphatic carbocycles. The van der Waals surface area contributed by atoms with E-state index in [9.17, 15) is 4.79 Å². The smallest absolute Gasteiger partial charge is 0.242 e. The number of carbonyl (C=O) groups excluding carboxylic acids is 1. The summed E-state index contributed by atoms with van der Waals surface area (Å²) in [6.07, 6.45) is 4.85. The van der Waals surface area contributed by atoms with Crippen molar-refractivity contribution >= 4 is 29.3 Å². The lowest BCUT2D eigenvalue weighted by molar-refractivity contribution is -0.122. The van der Waals surface area contributed by atoms with Gasteiger partial charge in [0.05, 0.1) is 0 Å². The summed E-state index contributed by atoms with van der Waals surface area (Å²) >= 11 is 1.45. The number of likely N-dealkylation sites (N-methyl/N-ethyl adjacent to an activating group) is 1. The Bertz CT molecular complexity index is 461. The van der Waals surface area contributed by atoms with Crippen LogP contribution in [0.1, 0.15) is 19.3 Å². The van der Waals surface area contributed by atoms with Crippen molar-refractivity contribution in [3.8, 4) is 0 Å². The summed E-state index contributed by atoms with van der Waals surface area (Å²) < 4.78 is 0. The van der Waals surface area contributed by atoms with E-state index in [2.05, 4.69) is 20.7 Å². The molecule has 1 amide bonds. The molecule has 1 saturated heterocycles. The number of hydrazine groups is 1. The number of hydrogen-bond donors (Lipinski definition) is 3. The first-order valence-electron chi connectivity index (χ1n) is 6.57. The summed E-state index contributed by atoms with van der Waals surface area (Å²) in [6, 6.07) is 1.60. The molecule has 110 valence electrons. The van der Waals surface area contributed by atoms with Gasteiger partial charge in [0.2, 0.25) is 5.91 Å². The second-order valence-corrected chi connectivity index (χ2v) is 5.34. The first-order valence-corrected chi connectivity index (χ1v) is 7.80. The predicted molar refractivity (Wildman–Crippen MR) is 80.7 cm³/mol. The van der Waals surface area contributed by atoms with Gasteiger partial charge < -0.3 is 15.6 Å². The average molecular weight is 296 g/mol. The highest BCUT2D eigenvalue weighted by Gasteiger charge is 2.29. The minimum absolute atomic E-state index is 0.0243. The largest absolute Gasteiger partial charge is 0.357 e. The molecular formula is C12H20N6OS. The van der Waals surface area contributed by atoms with Crippen LogP contribution >= 0.6 is 11.8 Å². The fourth-order valence-electron chi connectivity index (χ4n) is 2.37. The molecule has 1 fully saturated rings. The van der Waals surface area contributed by atoms with Gasteiger partial charge in [0.1, 0.15) is 17.7 Å². The minimum atomic E-state index is -0.177. The van der Waals surface area contributed by atoms with Crippen molar-refractivity contribution < 1.29 is 4.79 Å². The molecule has 0 aromatic carbocycles. The molecular weight excluding hydrogens is 276 g/mol. The number of piperidine rings is 1. The second kappa shape index (κ2) is 6.76. The van der Waals surface area contributed by atoms with E-state index in [1.807, 2.05) is 11.2 Å². The standard InChI is InChI=1S/C12H20N6OS/c1-14-11(19)8-5-3-4-6-18(8)10-7-9(17-13)15-12(16-10)20-2/h7-8H,3-6,13H2,1-2H3,(H,14,19)(H,15,16,17). The van der Waals surface area contributed by atoms with Crippen LogP contribution in [0.3, 0.4) is 0 Å². The third-order valence-electron chi connectivity index (χ3n) is 3.37. The molecule has 0 bridgehead atoms. The van der Waals surface area contributed by atoms with E-state index in [0.717, 1.165) is 31.6 Å². The molecule has 8 heteroatoms. The third kappa shape index (κ3) is 3.13. The van der Waals surface area contributed by atoms with Gasteiger partial charge >= 0.3 is 0 Å². The quantitative estimate of drug-likeness (QED) is 0.324. The molecule has 0 spiro atoms. The van der Waals surface area contributed by atoms with Crippen LogP contribution in [0.15, 0.2) is 11.2 Å². The molecule has 2 rings (SSSR count). The van der Waals surface area contributed by atoms with Crippen LogP contribution in [0, 0.1) is 0 Å². The Morgan fingerprint density at radius 2 is 2.30 bits per heavy atom. The number of anilines is 2. The van der Waals surface area contributed by atoms with Crippen LogP contribution in [0.5, 0.6) is 0 Å². The zero-order chi connectivity index (χ0) is 14.5. The SMILES string of the molecule is CNC(=O)C1CCCCN1c1cc(NN)nc(SC)n1. The summed E-state index contributed by atoms with van der Waals surface area (Å²) in [7, 11) is 1.66. The average Bonchev–Trinajstić information content (AvgIpc) is 2.53. The Labute approximate surface area is 122 Å². The van der Waals surface area contributed by atoms with Crippen LogP contribution in [-0.4, -0.2) is 41.8 Å². The highest BCUT2D eigenvalue weighted by atomic mass is 32.2. The lowest BCUT2D eigenvalue weighted by Gasteiger charge is -2.35. The number of rotatable bonds is 4. The molecule has 1 aromatic heterocycles. The summed E-state index contributed by atoms with van der Waals surface area (Å²) in [5, 5.41) is 3.36. The maximum Gasteiger partial charge on any atom is 0.242 e. The van der Waals surface area contributed by atoms with Crippen molar-refractivity contribution in [3.63, 3.8) is 0 Å². The fourth-order valence-corrected chi connectivity index (χ4v) is 2.74. The van der Waals surface area contributed by atoms with Crippen molar-refractivity contribution in [2.75, 3.05) is 30.2 Å². The Morgan fingerprint density at radius 3 is 2.95 bits per heavy atom. The van der Waals surface area contributed by atoms with Crippen molar-refractivity contribution in [2.45, 2.75) is 30.5 Å². The molecule has 0 saturated carbocycles. The molecule has 2 heterocycles. The van der Waals surface area contributed by atoms with E-state index >= 15 is 0 Å². The highest BCUT2D eigenvalue weighted by Crippen LogP contribution is 2.26. The topological polar surface area (TPSA) is 96.2 Å². The maximum atomic E-state index is 12.0.